The third kappa shape index (κ3) is 7.11. The minimum atomic E-state index is -0.650. The number of hydrogen-bond donors (Lipinski definition) is 0. The number of hydrogen-bond acceptors (Lipinski definition) is 6. The highest BCUT2D eigenvalue weighted by Gasteiger charge is 2.17. The van der Waals surface area contributed by atoms with Crippen LogP contribution >= 0.6 is 31.9 Å². The molecule has 0 unspecified atom stereocenters. The van der Waals surface area contributed by atoms with Crippen LogP contribution in [0.5, 0.6) is 17.2 Å². The molecule has 0 saturated heterocycles. The van der Waals surface area contributed by atoms with Gasteiger partial charge in [-0.2, -0.15) is 0 Å². The summed E-state index contributed by atoms with van der Waals surface area (Å²) >= 11 is 6.71. The van der Waals surface area contributed by atoms with Crippen LogP contribution < -0.4 is 14.2 Å². The Hall–Kier alpha value is -2.84. The van der Waals surface area contributed by atoms with Gasteiger partial charge in [0.1, 0.15) is 36.0 Å². The normalized spacial score (nSPS) is 10.3. The molecule has 0 spiro atoms. The number of para-hydroxylation sites is 2. The highest BCUT2D eigenvalue weighted by molar-refractivity contribution is 9.11. The number of ether oxygens (including phenoxy) is 4. The second kappa shape index (κ2) is 11.5. The molecule has 0 radical (unpaired) electrons. The smallest absolute Gasteiger partial charge is 0.349 e. The van der Waals surface area contributed by atoms with Gasteiger partial charge in [-0.05, 0) is 58.4 Å². The molecule has 0 atom stereocenters. The summed E-state index contributed by atoms with van der Waals surface area (Å²) in [5, 5.41) is 0. The van der Waals surface area contributed by atoms with Crippen LogP contribution in [0.4, 0.5) is 0 Å². The Kier molecular flexibility index (Phi) is 8.49. The molecule has 0 aliphatic rings. The molecule has 0 amide bonds. The summed E-state index contributed by atoms with van der Waals surface area (Å²) in [4.78, 5) is 24.6. The van der Waals surface area contributed by atoms with E-state index in [0.29, 0.717) is 16.0 Å². The Labute approximate surface area is 196 Å². The van der Waals surface area contributed by atoms with Gasteiger partial charge in [0.2, 0.25) is 0 Å². The second-order valence-electron chi connectivity index (χ2n) is 6.13. The van der Waals surface area contributed by atoms with Crippen LogP contribution in [0.2, 0.25) is 0 Å². The van der Waals surface area contributed by atoms with E-state index >= 15 is 0 Å². The number of carbonyl (C=O) groups excluding carboxylic acids is 2. The number of esters is 2. The van der Waals surface area contributed by atoms with Gasteiger partial charge >= 0.3 is 11.9 Å². The molecule has 0 bridgehead atoms. The van der Waals surface area contributed by atoms with Gasteiger partial charge in [0.25, 0.3) is 0 Å². The van der Waals surface area contributed by atoms with Crippen LogP contribution in [-0.4, -0.2) is 31.8 Å². The number of carbonyl (C=O) groups is 2. The average Bonchev–Trinajstić information content (AvgIpc) is 2.77. The summed E-state index contributed by atoms with van der Waals surface area (Å²) in [5.74, 6) is 0.00983. The maximum Gasteiger partial charge on any atom is 0.349 e. The van der Waals surface area contributed by atoms with Crippen molar-refractivity contribution in [2.24, 2.45) is 0 Å². The van der Waals surface area contributed by atoms with Gasteiger partial charge in [-0.1, -0.05) is 46.3 Å². The van der Waals surface area contributed by atoms with E-state index in [0.717, 1.165) is 4.47 Å². The average molecular weight is 550 g/mol. The third-order valence-corrected chi connectivity index (χ3v) is 5.01. The molecule has 8 heteroatoms. The zero-order valence-corrected chi connectivity index (χ0v) is 19.4. The Balaban J connectivity index is 1.51. The molecular weight excluding hydrogens is 532 g/mol. The predicted octanol–water partition coefficient (Wildman–Crippen LogP) is 5.43. The van der Waals surface area contributed by atoms with Crippen LogP contribution in [0.15, 0.2) is 81.7 Å². The first-order valence-corrected chi connectivity index (χ1v) is 10.8. The molecule has 0 aliphatic heterocycles. The molecule has 3 aromatic carbocycles. The molecule has 0 fully saturated rings. The predicted molar refractivity (Wildman–Crippen MR) is 122 cm³/mol. The Bertz CT molecular complexity index is 1040. The van der Waals surface area contributed by atoms with Crippen molar-refractivity contribution in [3.8, 4) is 17.2 Å². The Morgan fingerprint density at radius 1 is 0.774 bits per heavy atom. The maximum absolute atomic E-state index is 12.4. The van der Waals surface area contributed by atoms with Gasteiger partial charge in [-0.25, -0.2) is 9.59 Å². The fourth-order valence-corrected chi connectivity index (χ4v) is 3.66. The summed E-state index contributed by atoms with van der Waals surface area (Å²) in [6.45, 7) is -0.0706. The van der Waals surface area contributed by atoms with E-state index in [2.05, 4.69) is 31.9 Å². The van der Waals surface area contributed by atoms with Gasteiger partial charge in [0, 0.05) is 4.47 Å². The van der Waals surface area contributed by atoms with Crippen molar-refractivity contribution >= 4 is 43.8 Å². The van der Waals surface area contributed by atoms with Crippen LogP contribution in [-0.2, 0) is 9.53 Å². The van der Waals surface area contributed by atoms with E-state index in [1.807, 2.05) is 30.3 Å². The summed E-state index contributed by atoms with van der Waals surface area (Å²) < 4.78 is 23.1. The second-order valence-corrected chi connectivity index (χ2v) is 7.90. The lowest BCUT2D eigenvalue weighted by Gasteiger charge is -2.11. The monoisotopic (exact) mass is 548 g/mol. The van der Waals surface area contributed by atoms with Crippen molar-refractivity contribution in [2.75, 3.05) is 19.8 Å². The van der Waals surface area contributed by atoms with Gasteiger partial charge in [-0.3, -0.25) is 0 Å². The third-order valence-electron chi connectivity index (χ3n) is 3.90. The van der Waals surface area contributed by atoms with Crippen molar-refractivity contribution < 1.29 is 28.5 Å². The lowest BCUT2D eigenvalue weighted by molar-refractivity contribution is -0.136. The molecular formula is C23H18Br2O6. The fourth-order valence-electron chi connectivity index (χ4n) is 2.49. The lowest BCUT2D eigenvalue weighted by atomic mass is 10.2. The molecule has 0 heterocycles. The van der Waals surface area contributed by atoms with Gasteiger partial charge in [0.15, 0.2) is 6.61 Å². The van der Waals surface area contributed by atoms with E-state index in [-0.39, 0.29) is 31.1 Å². The first-order chi connectivity index (χ1) is 15.0. The van der Waals surface area contributed by atoms with Gasteiger partial charge in [0.05, 0.1) is 4.47 Å². The first kappa shape index (κ1) is 22.8. The minimum Gasteiger partial charge on any atom is -0.490 e. The lowest BCUT2D eigenvalue weighted by Crippen LogP contribution is -2.20. The Morgan fingerprint density at radius 3 is 2.29 bits per heavy atom. The number of halogens is 2. The topological polar surface area (TPSA) is 71.1 Å². The van der Waals surface area contributed by atoms with E-state index < -0.39 is 11.9 Å². The minimum absolute atomic E-state index is 0.0523. The van der Waals surface area contributed by atoms with Crippen molar-refractivity contribution in [1.29, 1.82) is 0 Å². The summed E-state index contributed by atoms with van der Waals surface area (Å²) in [6, 6.07) is 20.9. The summed E-state index contributed by atoms with van der Waals surface area (Å²) in [6.07, 6.45) is 0. The summed E-state index contributed by atoms with van der Waals surface area (Å²) in [7, 11) is 0. The van der Waals surface area contributed by atoms with E-state index in [1.54, 1.807) is 30.3 Å². The molecule has 0 aromatic heterocycles. The van der Waals surface area contributed by atoms with E-state index in [9.17, 15) is 9.59 Å². The molecule has 6 nitrogen and oxygen atoms in total. The van der Waals surface area contributed by atoms with Gasteiger partial charge < -0.3 is 18.9 Å². The maximum atomic E-state index is 12.4. The van der Waals surface area contributed by atoms with Crippen molar-refractivity contribution in [3.63, 3.8) is 0 Å². The SMILES string of the molecule is O=C(COc1ccc(Br)cc1Br)Oc1ccccc1C(=O)OCCOc1ccccc1. The van der Waals surface area contributed by atoms with E-state index in [4.69, 9.17) is 18.9 Å². The van der Waals surface area contributed by atoms with E-state index in [1.165, 1.54) is 12.1 Å². The largest absolute Gasteiger partial charge is 0.490 e. The standard InChI is InChI=1S/C23H18Br2O6/c24-16-10-11-21(19(25)14-16)30-15-22(26)31-20-9-5-4-8-18(20)23(27)29-13-12-28-17-6-2-1-3-7-17/h1-11,14H,12-13,15H2. The summed E-state index contributed by atoms with van der Waals surface area (Å²) in [5.41, 5.74) is 0.139. The first-order valence-electron chi connectivity index (χ1n) is 9.25. The van der Waals surface area contributed by atoms with Crippen molar-refractivity contribution in [2.45, 2.75) is 0 Å². The Morgan fingerprint density at radius 2 is 1.52 bits per heavy atom. The molecule has 3 rings (SSSR count). The van der Waals surface area contributed by atoms with Crippen LogP contribution in [0, 0.1) is 0 Å². The van der Waals surface area contributed by atoms with Crippen LogP contribution in [0.1, 0.15) is 10.4 Å². The van der Waals surface area contributed by atoms with Gasteiger partial charge in [-0.15, -0.1) is 0 Å². The van der Waals surface area contributed by atoms with Crippen LogP contribution in [0.3, 0.4) is 0 Å². The number of benzene rings is 3. The highest BCUT2D eigenvalue weighted by atomic mass is 79.9. The molecule has 0 saturated carbocycles. The van der Waals surface area contributed by atoms with Crippen LogP contribution in [0.25, 0.3) is 0 Å². The molecule has 31 heavy (non-hydrogen) atoms. The molecule has 0 aliphatic carbocycles. The zero-order valence-electron chi connectivity index (χ0n) is 16.3. The number of rotatable bonds is 9. The molecule has 3 aromatic rings. The fraction of sp³-hybridized carbons (Fsp3) is 0.130. The molecule has 160 valence electrons. The molecule has 0 N–H and O–H groups in total. The van der Waals surface area contributed by atoms with Crippen molar-refractivity contribution in [3.05, 3.63) is 87.3 Å². The quantitative estimate of drug-likeness (QED) is 0.201. The van der Waals surface area contributed by atoms with Crippen molar-refractivity contribution in [1.82, 2.24) is 0 Å². The zero-order chi connectivity index (χ0) is 22.1. The highest BCUT2D eigenvalue weighted by Crippen LogP contribution is 2.28.